The van der Waals surface area contributed by atoms with Crippen molar-refractivity contribution in [2.75, 3.05) is 11.9 Å². The van der Waals surface area contributed by atoms with E-state index in [9.17, 15) is 9.59 Å². The number of amides is 1. The molecule has 0 fully saturated rings. The minimum absolute atomic E-state index is 0.0858. The average Bonchev–Trinajstić information content (AvgIpc) is 2.74. The van der Waals surface area contributed by atoms with E-state index in [4.69, 9.17) is 0 Å². The van der Waals surface area contributed by atoms with E-state index in [0.29, 0.717) is 24.1 Å². The molecule has 146 valence electrons. The molecule has 0 spiro atoms. The van der Waals surface area contributed by atoms with Gasteiger partial charge in [0, 0.05) is 12.6 Å². The number of rotatable bonds is 4. The van der Waals surface area contributed by atoms with Gasteiger partial charge in [0.15, 0.2) is 5.78 Å². The summed E-state index contributed by atoms with van der Waals surface area (Å²) in [6.45, 7) is 4.07. The maximum absolute atomic E-state index is 13.8. The van der Waals surface area contributed by atoms with Crippen LogP contribution in [0.5, 0.6) is 0 Å². The smallest absolute Gasteiger partial charge is 0.241 e. The lowest BCUT2D eigenvalue weighted by Crippen LogP contribution is -2.54. The molecular weight excluding hydrogens is 358 g/mol. The molecule has 0 saturated carbocycles. The maximum atomic E-state index is 13.8. The molecule has 1 aliphatic heterocycles. The van der Waals surface area contributed by atoms with Gasteiger partial charge in [-0.05, 0) is 49.9 Å². The largest absolute Gasteiger partial charge is 0.314 e. The first-order valence-electron chi connectivity index (χ1n) is 9.94. The zero-order valence-corrected chi connectivity index (χ0v) is 17.1. The van der Waals surface area contributed by atoms with E-state index in [2.05, 4.69) is 0 Å². The lowest BCUT2D eigenvalue weighted by atomic mass is 9.68. The van der Waals surface area contributed by atoms with E-state index in [1.165, 1.54) is 0 Å². The predicted molar refractivity (Wildman–Crippen MR) is 116 cm³/mol. The van der Waals surface area contributed by atoms with Gasteiger partial charge in [0.1, 0.15) is 5.41 Å². The summed E-state index contributed by atoms with van der Waals surface area (Å²) in [5.41, 5.74) is 4.47. The molecule has 0 N–H and O–H groups in total. The van der Waals surface area contributed by atoms with Gasteiger partial charge in [-0.2, -0.15) is 0 Å². The maximum Gasteiger partial charge on any atom is 0.241 e. The fourth-order valence-electron chi connectivity index (χ4n) is 4.23. The Kier molecular flexibility index (Phi) is 4.83. The zero-order valence-electron chi connectivity index (χ0n) is 17.1. The minimum atomic E-state index is -1.15. The number of hydrogen-bond donors (Lipinski definition) is 0. The van der Waals surface area contributed by atoms with Crippen molar-refractivity contribution in [3.63, 3.8) is 0 Å². The highest BCUT2D eigenvalue weighted by Gasteiger charge is 2.51. The van der Waals surface area contributed by atoms with Crippen LogP contribution in [0.4, 0.5) is 5.69 Å². The Labute approximate surface area is 172 Å². The molecule has 0 unspecified atom stereocenters. The number of carbonyl (C=O) groups excluding carboxylic acids is 2. The van der Waals surface area contributed by atoms with Crippen LogP contribution in [0.25, 0.3) is 0 Å². The lowest BCUT2D eigenvalue weighted by Gasteiger charge is -2.40. The number of ketones is 1. The molecule has 3 heteroatoms. The van der Waals surface area contributed by atoms with Crippen LogP contribution in [-0.2, 0) is 17.6 Å². The summed E-state index contributed by atoms with van der Waals surface area (Å²) in [5.74, 6) is -0.222. The standard InChI is InChI=1S/C26H25NO2/c1-18-8-12-20(13-9-18)16-26(17-21-14-10-19(2)11-15-21)24(28)22-6-4-5-7-23(22)27(3)25(26)29/h4-15H,16-17H2,1-3H3. The van der Waals surface area contributed by atoms with Crippen molar-refractivity contribution in [3.05, 3.63) is 101 Å². The van der Waals surface area contributed by atoms with Crippen molar-refractivity contribution in [2.24, 2.45) is 5.41 Å². The highest BCUT2D eigenvalue weighted by molar-refractivity contribution is 6.24. The van der Waals surface area contributed by atoms with Gasteiger partial charge in [-0.1, -0.05) is 71.8 Å². The first kappa shape index (κ1) is 19.1. The number of carbonyl (C=O) groups is 2. The molecule has 3 aromatic rings. The molecule has 0 bridgehead atoms. The second kappa shape index (κ2) is 7.32. The number of nitrogens with zero attached hydrogens (tertiary/aromatic N) is 1. The molecule has 29 heavy (non-hydrogen) atoms. The van der Waals surface area contributed by atoms with Crippen molar-refractivity contribution in [1.82, 2.24) is 0 Å². The van der Waals surface area contributed by atoms with Gasteiger partial charge in [0.05, 0.1) is 5.69 Å². The predicted octanol–water partition coefficient (Wildman–Crippen LogP) is 4.93. The highest BCUT2D eigenvalue weighted by atomic mass is 16.2. The van der Waals surface area contributed by atoms with Crippen LogP contribution in [0, 0.1) is 19.3 Å². The van der Waals surface area contributed by atoms with Crippen LogP contribution in [0.2, 0.25) is 0 Å². The number of anilines is 1. The molecule has 1 aliphatic rings. The van der Waals surface area contributed by atoms with E-state index in [-0.39, 0.29) is 11.7 Å². The van der Waals surface area contributed by atoms with Gasteiger partial charge in [0.2, 0.25) is 5.91 Å². The third kappa shape index (κ3) is 3.38. The van der Waals surface area contributed by atoms with Crippen LogP contribution in [0.1, 0.15) is 32.6 Å². The number of para-hydroxylation sites is 1. The van der Waals surface area contributed by atoms with Gasteiger partial charge in [-0.15, -0.1) is 0 Å². The quantitative estimate of drug-likeness (QED) is 0.599. The van der Waals surface area contributed by atoms with E-state index >= 15 is 0 Å². The summed E-state index contributed by atoms with van der Waals surface area (Å²) in [7, 11) is 1.77. The van der Waals surface area contributed by atoms with Crippen molar-refractivity contribution in [1.29, 1.82) is 0 Å². The van der Waals surface area contributed by atoms with Gasteiger partial charge in [-0.3, -0.25) is 9.59 Å². The molecule has 0 aromatic heterocycles. The number of fused-ring (bicyclic) bond motifs is 1. The third-order valence-corrected chi connectivity index (χ3v) is 5.91. The van der Waals surface area contributed by atoms with Crippen LogP contribution in [0.15, 0.2) is 72.8 Å². The van der Waals surface area contributed by atoms with Gasteiger partial charge in [0.25, 0.3) is 0 Å². The molecule has 3 aromatic carbocycles. The zero-order chi connectivity index (χ0) is 20.6. The molecule has 0 radical (unpaired) electrons. The Hall–Kier alpha value is -3.20. The molecule has 0 atom stereocenters. The van der Waals surface area contributed by atoms with Crippen LogP contribution >= 0.6 is 0 Å². The fourth-order valence-corrected chi connectivity index (χ4v) is 4.23. The Morgan fingerprint density at radius 3 is 1.72 bits per heavy atom. The normalized spacial score (nSPS) is 15.3. The number of aryl methyl sites for hydroxylation is 2. The Morgan fingerprint density at radius 2 is 1.21 bits per heavy atom. The molecule has 0 aliphatic carbocycles. The highest BCUT2D eigenvalue weighted by Crippen LogP contribution is 2.41. The van der Waals surface area contributed by atoms with E-state index in [1.54, 1.807) is 11.9 Å². The SMILES string of the molecule is Cc1ccc(CC2(Cc3ccc(C)cc3)C(=O)c3ccccc3N(C)C2=O)cc1. The molecular formula is C26H25NO2. The molecule has 3 nitrogen and oxygen atoms in total. The molecule has 4 rings (SSSR count). The first-order valence-corrected chi connectivity index (χ1v) is 9.94. The summed E-state index contributed by atoms with van der Waals surface area (Å²) < 4.78 is 0. The first-order chi connectivity index (χ1) is 13.9. The van der Waals surface area contributed by atoms with Crippen LogP contribution < -0.4 is 4.90 Å². The van der Waals surface area contributed by atoms with E-state index in [0.717, 1.165) is 22.3 Å². The number of benzene rings is 3. The Balaban J connectivity index is 1.85. The fraction of sp³-hybridized carbons (Fsp3) is 0.231. The summed E-state index contributed by atoms with van der Waals surface area (Å²) in [4.78, 5) is 29.1. The van der Waals surface area contributed by atoms with Gasteiger partial charge in [-0.25, -0.2) is 0 Å². The number of Topliss-reactive ketones (excluding diaryl/α,β-unsaturated/α-hetero) is 1. The van der Waals surface area contributed by atoms with E-state index < -0.39 is 5.41 Å². The third-order valence-electron chi connectivity index (χ3n) is 5.91. The van der Waals surface area contributed by atoms with Crippen molar-refractivity contribution >= 4 is 17.4 Å². The summed E-state index contributed by atoms with van der Waals surface area (Å²) in [6, 6.07) is 23.6. The van der Waals surface area contributed by atoms with E-state index in [1.807, 2.05) is 86.6 Å². The topological polar surface area (TPSA) is 37.4 Å². The van der Waals surface area contributed by atoms with Crippen molar-refractivity contribution < 1.29 is 9.59 Å². The van der Waals surface area contributed by atoms with Crippen molar-refractivity contribution in [3.8, 4) is 0 Å². The van der Waals surface area contributed by atoms with Crippen LogP contribution in [-0.4, -0.2) is 18.7 Å². The number of hydrogen-bond acceptors (Lipinski definition) is 2. The minimum Gasteiger partial charge on any atom is -0.314 e. The summed E-state index contributed by atoms with van der Waals surface area (Å²) >= 11 is 0. The molecule has 0 saturated heterocycles. The summed E-state index contributed by atoms with van der Waals surface area (Å²) in [5, 5.41) is 0. The second-order valence-corrected chi connectivity index (χ2v) is 8.12. The van der Waals surface area contributed by atoms with Crippen LogP contribution in [0.3, 0.4) is 0 Å². The lowest BCUT2D eigenvalue weighted by molar-refractivity contribution is -0.125. The second-order valence-electron chi connectivity index (χ2n) is 8.12. The summed E-state index contributed by atoms with van der Waals surface area (Å²) in [6.07, 6.45) is 0.773. The van der Waals surface area contributed by atoms with Gasteiger partial charge < -0.3 is 4.90 Å². The Bertz CT molecular complexity index is 1020. The Morgan fingerprint density at radius 1 is 0.724 bits per heavy atom. The van der Waals surface area contributed by atoms with Crippen molar-refractivity contribution in [2.45, 2.75) is 26.7 Å². The monoisotopic (exact) mass is 383 g/mol. The molecule has 1 heterocycles. The molecule has 1 amide bonds. The average molecular weight is 383 g/mol. The van der Waals surface area contributed by atoms with Gasteiger partial charge >= 0.3 is 0 Å².